The maximum absolute atomic E-state index is 11.9. The number of nitrogens with zero attached hydrogens (tertiary/aromatic N) is 2. The summed E-state index contributed by atoms with van der Waals surface area (Å²) in [6, 6.07) is 7.41. The number of benzene rings is 1. The predicted octanol–water partition coefficient (Wildman–Crippen LogP) is 1.47. The Labute approximate surface area is 118 Å². The van der Waals surface area contributed by atoms with Crippen LogP contribution in [-0.2, 0) is 11.3 Å². The Morgan fingerprint density at radius 1 is 1.40 bits per heavy atom. The van der Waals surface area contributed by atoms with Crippen LogP contribution in [0.5, 0.6) is 0 Å². The first-order valence-electron chi connectivity index (χ1n) is 6.69. The number of hydrogen-bond acceptors (Lipinski definition) is 3. The Morgan fingerprint density at radius 2 is 2.15 bits per heavy atom. The van der Waals surface area contributed by atoms with Gasteiger partial charge in [-0.05, 0) is 17.5 Å². The molecule has 2 aromatic rings. The second kappa shape index (κ2) is 6.34. The van der Waals surface area contributed by atoms with Crippen molar-refractivity contribution in [3.8, 4) is 5.69 Å². The second-order valence-corrected chi connectivity index (χ2v) is 5.09. The highest BCUT2D eigenvalue weighted by atomic mass is 16.2. The van der Waals surface area contributed by atoms with E-state index in [1.807, 2.05) is 48.9 Å². The molecule has 1 heterocycles. The van der Waals surface area contributed by atoms with Crippen LogP contribution in [0.4, 0.5) is 0 Å². The van der Waals surface area contributed by atoms with Crippen LogP contribution >= 0.6 is 0 Å². The number of hydrogen-bond donors (Lipinski definition) is 2. The Morgan fingerprint density at radius 3 is 2.80 bits per heavy atom. The fourth-order valence-electron chi connectivity index (χ4n) is 1.92. The van der Waals surface area contributed by atoms with Crippen molar-refractivity contribution >= 4 is 5.91 Å². The zero-order valence-electron chi connectivity index (χ0n) is 11.8. The number of nitrogens with two attached hydrogens (primary N) is 1. The quantitative estimate of drug-likeness (QED) is 0.865. The van der Waals surface area contributed by atoms with Gasteiger partial charge in [-0.25, -0.2) is 4.98 Å². The van der Waals surface area contributed by atoms with Gasteiger partial charge in [0.2, 0.25) is 5.91 Å². The van der Waals surface area contributed by atoms with Gasteiger partial charge in [0.25, 0.3) is 0 Å². The minimum Gasteiger partial charge on any atom is -0.351 e. The minimum atomic E-state index is -0.476. The molecule has 0 radical (unpaired) electrons. The van der Waals surface area contributed by atoms with Gasteiger partial charge in [0.05, 0.1) is 18.1 Å². The summed E-state index contributed by atoms with van der Waals surface area (Å²) in [5.41, 5.74) is 7.86. The number of amides is 1. The van der Waals surface area contributed by atoms with Gasteiger partial charge in [-0.2, -0.15) is 0 Å². The molecule has 0 aliphatic heterocycles. The van der Waals surface area contributed by atoms with E-state index in [0.29, 0.717) is 6.54 Å². The fourth-order valence-corrected chi connectivity index (χ4v) is 1.92. The van der Waals surface area contributed by atoms with Crippen LogP contribution in [0, 0.1) is 5.92 Å². The molecular weight excluding hydrogens is 252 g/mol. The van der Waals surface area contributed by atoms with E-state index >= 15 is 0 Å². The van der Waals surface area contributed by atoms with Gasteiger partial charge < -0.3 is 15.6 Å². The van der Waals surface area contributed by atoms with Gasteiger partial charge in [-0.3, -0.25) is 4.79 Å². The van der Waals surface area contributed by atoms with Gasteiger partial charge in [-0.15, -0.1) is 0 Å². The summed E-state index contributed by atoms with van der Waals surface area (Å²) in [6.45, 7) is 4.32. The molecule has 5 heteroatoms. The molecule has 106 valence electrons. The highest BCUT2D eigenvalue weighted by Crippen LogP contribution is 2.13. The Hall–Kier alpha value is -2.14. The van der Waals surface area contributed by atoms with Gasteiger partial charge in [-0.1, -0.05) is 32.0 Å². The lowest BCUT2D eigenvalue weighted by atomic mass is 10.0. The summed E-state index contributed by atoms with van der Waals surface area (Å²) in [7, 11) is 0. The summed E-state index contributed by atoms with van der Waals surface area (Å²) >= 11 is 0. The lowest BCUT2D eigenvalue weighted by Gasteiger charge is -2.16. The van der Waals surface area contributed by atoms with Crippen molar-refractivity contribution in [2.75, 3.05) is 0 Å². The number of para-hydroxylation sites is 1. The van der Waals surface area contributed by atoms with Crippen molar-refractivity contribution in [1.29, 1.82) is 0 Å². The molecule has 1 aromatic heterocycles. The first kappa shape index (κ1) is 14.3. The van der Waals surface area contributed by atoms with Crippen molar-refractivity contribution in [3.05, 3.63) is 48.5 Å². The van der Waals surface area contributed by atoms with Crippen LogP contribution in [0.3, 0.4) is 0 Å². The average Bonchev–Trinajstić information content (AvgIpc) is 2.98. The van der Waals surface area contributed by atoms with Gasteiger partial charge in [0, 0.05) is 18.9 Å². The molecule has 1 amide bonds. The molecule has 3 N–H and O–H groups in total. The number of nitrogens with one attached hydrogen (secondary N) is 1. The molecule has 2 rings (SSSR count). The molecule has 1 aromatic carbocycles. The molecule has 0 unspecified atom stereocenters. The summed E-state index contributed by atoms with van der Waals surface area (Å²) < 4.78 is 1.92. The third-order valence-corrected chi connectivity index (χ3v) is 3.25. The monoisotopic (exact) mass is 272 g/mol. The molecule has 0 fully saturated rings. The first-order valence-corrected chi connectivity index (χ1v) is 6.69. The topological polar surface area (TPSA) is 72.9 Å². The van der Waals surface area contributed by atoms with Gasteiger partial charge >= 0.3 is 0 Å². The van der Waals surface area contributed by atoms with E-state index in [1.54, 1.807) is 12.5 Å². The molecular formula is C15H20N4O. The summed E-state index contributed by atoms with van der Waals surface area (Å²) in [5.74, 6) is -0.000623. The standard InChI is InChI=1S/C15H20N4O/c1-11(2)14(16)15(20)18-9-12-5-3-4-6-13(12)19-8-7-17-10-19/h3-8,10-11,14H,9,16H2,1-2H3,(H,18,20)/t14-/m0/s1. The smallest absolute Gasteiger partial charge is 0.237 e. The lowest BCUT2D eigenvalue weighted by Crippen LogP contribution is -2.43. The number of aromatic nitrogens is 2. The molecule has 0 bridgehead atoms. The molecule has 0 saturated heterocycles. The fraction of sp³-hybridized carbons (Fsp3) is 0.333. The highest BCUT2D eigenvalue weighted by Gasteiger charge is 2.17. The van der Waals surface area contributed by atoms with E-state index in [1.165, 1.54) is 0 Å². The number of rotatable bonds is 5. The van der Waals surface area contributed by atoms with Crippen LogP contribution in [-0.4, -0.2) is 21.5 Å². The third kappa shape index (κ3) is 3.24. The van der Waals surface area contributed by atoms with Crippen LogP contribution in [0.15, 0.2) is 43.0 Å². The first-order chi connectivity index (χ1) is 9.59. The molecule has 0 aliphatic carbocycles. The van der Waals surface area contributed by atoms with Gasteiger partial charge in [0.15, 0.2) is 0 Å². The van der Waals surface area contributed by atoms with Crippen LogP contribution in [0.2, 0.25) is 0 Å². The minimum absolute atomic E-state index is 0.124. The Bertz CT molecular complexity index is 563. The van der Waals surface area contributed by atoms with Crippen molar-refractivity contribution in [3.63, 3.8) is 0 Å². The maximum Gasteiger partial charge on any atom is 0.237 e. The maximum atomic E-state index is 11.9. The number of carbonyl (C=O) groups excluding carboxylic acids is 1. The highest BCUT2D eigenvalue weighted by molar-refractivity contribution is 5.81. The molecule has 1 atom stereocenters. The van der Waals surface area contributed by atoms with Crippen LogP contribution in [0.25, 0.3) is 5.69 Å². The van der Waals surface area contributed by atoms with Crippen molar-refractivity contribution < 1.29 is 4.79 Å². The predicted molar refractivity (Wildman–Crippen MR) is 78.2 cm³/mol. The normalized spacial score (nSPS) is 12.4. The SMILES string of the molecule is CC(C)[C@H](N)C(=O)NCc1ccccc1-n1ccnc1. The zero-order valence-corrected chi connectivity index (χ0v) is 11.8. The van der Waals surface area contributed by atoms with Crippen LogP contribution in [0.1, 0.15) is 19.4 Å². The number of imidazole rings is 1. The molecule has 0 saturated carbocycles. The Kier molecular flexibility index (Phi) is 4.53. The summed E-state index contributed by atoms with van der Waals surface area (Å²) in [6.07, 6.45) is 5.34. The molecule has 0 spiro atoms. The van der Waals surface area contributed by atoms with Crippen molar-refractivity contribution in [2.45, 2.75) is 26.4 Å². The van der Waals surface area contributed by atoms with E-state index in [0.717, 1.165) is 11.3 Å². The van der Waals surface area contributed by atoms with Crippen LogP contribution < -0.4 is 11.1 Å². The zero-order chi connectivity index (χ0) is 14.5. The average molecular weight is 272 g/mol. The summed E-state index contributed by atoms with van der Waals surface area (Å²) in [4.78, 5) is 15.9. The Balaban J connectivity index is 2.09. The third-order valence-electron chi connectivity index (χ3n) is 3.25. The largest absolute Gasteiger partial charge is 0.351 e. The van der Waals surface area contributed by atoms with Gasteiger partial charge in [0.1, 0.15) is 0 Å². The summed E-state index contributed by atoms with van der Waals surface area (Å²) in [5, 5.41) is 2.88. The van der Waals surface area contributed by atoms with E-state index in [-0.39, 0.29) is 11.8 Å². The van der Waals surface area contributed by atoms with Crippen molar-refractivity contribution in [2.24, 2.45) is 11.7 Å². The van der Waals surface area contributed by atoms with E-state index < -0.39 is 6.04 Å². The second-order valence-electron chi connectivity index (χ2n) is 5.09. The number of carbonyl (C=O) groups is 1. The van der Waals surface area contributed by atoms with E-state index in [2.05, 4.69) is 10.3 Å². The molecule has 0 aliphatic rings. The van der Waals surface area contributed by atoms with Crippen molar-refractivity contribution in [1.82, 2.24) is 14.9 Å². The molecule has 5 nitrogen and oxygen atoms in total. The lowest BCUT2D eigenvalue weighted by molar-refractivity contribution is -0.123. The molecule has 20 heavy (non-hydrogen) atoms. The van der Waals surface area contributed by atoms with E-state index in [4.69, 9.17) is 5.73 Å². The van der Waals surface area contributed by atoms with E-state index in [9.17, 15) is 4.79 Å².